The van der Waals surface area contributed by atoms with Gasteiger partial charge in [0.15, 0.2) is 0 Å². The highest BCUT2D eigenvalue weighted by molar-refractivity contribution is 7.19. The second-order valence-electron chi connectivity index (χ2n) is 4.62. The lowest BCUT2D eigenvalue weighted by atomic mass is 10.1. The van der Waals surface area contributed by atoms with E-state index in [1.165, 1.54) is 42.7 Å². The third-order valence-electron chi connectivity index (χ3n) is 3.27. The zero-order valence-electron chi connectivity index (χ0n) is 11.1. The number of hydrogen-bond donors (Lipinski definition) is 1. The first kappa shape index (κ1) is 14.0. The summed E-state index contributed by atoms with van der Waals surface area (Å²) in [5.74, 6) is -0.482. The van der Waals surface area contributed by atoms with E-state index in [1.54, 1.807) is 18.2 Å². The van der Waals surface area contributed by atoms with Gasteiger partial charge in [0.2, 0.25) is 0 Å². The van der Waals surface area contributed by atoms with Gasteiger partial charge in [0.25, 0.3) is 0 Å². The van der Waals surface area contributed by atoms with Crippen molar-refractivity contribution in [2.75, 3.05) is 7.11 Å². The Kier molecular flexibility index (Phi) is 3.61. The molecule has 0 spiro atoms. The maximum atomic E-state index is 14.0. The average Bonchev–Trinajstić information content (AvgIpc) is 2.89. The molecule has 1 atom stereocenters. The number of benzene rings is 2. The highest BCUT2D eigenvalue weighted by atomic mass is 32.1. The minimum atomic E-state index is -1.09. The van der Waals surface area contributed by atoms with Crippen molar-refractivity contribution in [1.82, 2.24) is 0 Å². The third kappa shape index (κ3) is 2.62. The Bertz CT molecular complexity index is 798. The zero-order valence-corrected chi connectivity index (χ0v) is 12.0. The van der Waals surface area contributed by atoms with Crippen LogP contribution in [0, 0.1) is 11.6 Å². The maximum Gasteiger partial charge on any atom is 0.133 e. The van der Waals surface area contributed by atoms with Crippen LogP contribution in [0.25, 0.3) is 10.1 Å². The van der Waals surface area contributed by atoms with E-state index >= 15 is 0 Å². The van der Waals surface area contributed by atoms with Crippen molar-refractivity contribution in [3.8, 4) is 5.75 Å². The molecule has 0 fully saturated rings. The Labute approximate surface area is 124 Å². The summed E-state index contributed by atoms with van der Waals surface area (Å²) >= 11 is 1.31. The van der Waals surface area contributed by atoms with E-state index in [1.807, 2.05) is 0 Å². The Morgan fingerprint density at radius 3 is 2.62 bits per heavy atom. The van der Waals surface area contributed by atoms with Crippen LogP contribution < -0.4 is 4.74 Å². The topological polar surface area (TPSA) is 29.5 Å². The number of ether oxygens (including phenoxy) is 1. The van der Waals surface area contributed by atoms with E-state index in [9.17, 15) is 13.9 Å². The van der Waals surface area contributed by atoms with E-state index < -0.39 is 11.9 Å². The van der Waals surface area contributed by atoms with Crippen molar-refractivity contribution < 1.29 is 18.6 Å². The lowest BCUT2D eigenvalue weighted by Gasteiger charge is -2.11. The van der Waals surface area contributed by atoms with Crippen LogP contribution in [0.5, 0.6) is 5.75 Å². The molecule has 108 valence electrons. The summed E-state index contributed by atoms with van der Waals surface area (Å²) in [4.78, 5) is 0.569. The van der Waals surface area contributed by atoms with Crippen LogP contribution in [0.15, 0.2) is 42.5 Å². The number of thiophene rings is 1. The predicted molar refractivity (Wildman–Crippen MR) is 78.8 cm³/mol. The number of fused-ring (bicyclic) bond motifs is 1. The van der Waals surface area contributed by atoms with Crippen LogP contribution >= 0.6 is 11.3 Å². The first-order valence-electron chi connectivity index (χ1n) is 6.29. The summed E-state index contributed by atoms with van der Waals surface area (Å²) < 4.78 is 33.0. The van der Waals surface area contributed by atoms with Gasteiger partial charge < -0.3 is 9.84 Å². The monoisotopic (exact) mass is 306 g/mol. The van der Waals surface area contributed by atoms with E-state index in [4.69, 9.17) is 4.74 Å². The first-order chi connectivity index (χ1) is 10.1. The predicted octanol–water partition coefficient (Wildman–Crippen LogP) is 4.27. The molecule has 0 aliphatic heterocycles. The van der Waals surface area contributed by atoms with Gasteiger partial charge in [-0.15, -0.1) is 11.3 Å². The molecule has 1 heterocycles. The van der Waals surface area contributed by atoms with Crippen molar-refractivity contribution in [3.05, 3.63) is 64.5 Å². The van der Waals surface area contributed by atoms with E-state index in [-0.39, 0.29) is 11.4 Å². The molecule has 3 aromatic rings. The van der Waals surface area contributed by atoms with Gasteiger partial charge in [-0.2, -0.15) is 0 Å². The maximum absolute atomic E-state index is 14.0. The average molecular weight is 306 g/mol. The molecule has 0 aliphatic rings. The van der Waals surface area contributed by atoms with Crippen molar-refractivity contribution >= 4 is 21.4 Å². The summed E-state index contributed by atoms with van der Waals surface area (Å²) in [6, 6.07) is 10.4. The van der Waals surface area contributed by atoms with Crippen LogP contribution in [0.2, 0.25) is 0 Å². The number of halogens is 2. The Balaban J connectivity index is 2.01. The fourth-order valence-electron chi connectivity index (χ4n) is 2.18. The van der Waals surface area contributed by atoms with Crippen molar-refractivity contribution in [2.24, 2.45) is 0 Å². The molecule has 0 amide bonds. The minimum absolute atomic E-state index is 0.169. The molecule has 2 nitrogen and oxygen atoms in total. The third-order valence-corrected chi connectivity index (χ3v) is 4.44. The highest BCUT2D eigenvalue weighted by Gasteiger charge is 2.18. The molecule has 21 heavy (non-hydrogen) atoms. The molecule has 0 saturated carbocycles. The second kappa shape index (κ2) is 5.42. The molecule has 0 radical (unpaired) electrons. The van der Waals surface area contributed by atoms with Gasteiger partial charge in [-0.25, -0.2) is 8.78 Å². The van der Waals surface area contributed by atoms with Crippen LogP contribution in [0.4, 0.5) is 8.78 Å². The fourth-order valence-corrected chi connectivity index (χ4v) is 3.23. The Morgan fingerprint density at radius 1 is 1.10 bits per heavy atom. The lowest BCUT2D eigenvalue weighted by molar-refractivity contribution is 0.218. The molecule has 0 bridgehead atoms. The van der Waals surface area contributed by atoms with Crippen LogP contribution in [0.1, 0.15) is 16.5 Å². The summed E-state index contributed by atoms with van der Waals surface area (Å²) in [6.45, 7) is 0. The van der Waals surface area contributed by atoms with Gasteiger partial charge in [0.1, 0.15) is 23.5 Å². The summed E-state index contributed by atoms with van der Waals surface area (Å²) in [6.07, 6.45) is -1.09. The summed E-state index contributed by atoms with van der Waals surface area (Å²) in [5.41, 5.74) is 0.169. The van der Waals surface area contributed by atoms with Gasteiger partial charge in [0.05, 0.1) is 7.11 Å². The van der Waals surface area contributed by atoms with E-state index in [2.05, 4.69) is 0 Å². The lowest BCUT2D eigenvalue weighted by Crippen LogP contribution is -2.00. The van der Waals surface area contributed by atoms with Gasteiger partial charge in [-0.05, 0) is 41.8 Å². The Morgan fingerprint density at radius 2 is 1.90 bits per heavy atom. The number of hydrogen-bond acceptors (Lipinski definition) is 3. The minimum Gasteiger partial charge on any atom is -0.497 e. The van der Waals surface area contributed by atoms with Crippen molar-refractivity contribution in [3.63, 3.8) is 0 Å². The van der Waals surface area contributed by atoms with Crippen LogP contribution in [-0.4, -0.2) is 12.2 Å². The normalized spacial score (nSPS) is 12.6. The van der Waals surface area contributed by atoms with Crippen molar-refractivity contribution in [2.45, 2.75) is 6.10 Å². The van der Waals surface area contributed by atoms with Crippen LogP contribution in [-0.2, 0) is 0 Å². The molecule has 1 unspecified atom stereocenters. The number of methoxy groups -OCH3 is 1. The summed E-state index contributed by atoms with van der Waals surface area (Å²) in [7, 11) is 1.45. The molecule has 3 rings (SSSR count). The van der Waals surface area contributed by atoms with Gasteiger partial charge >= 0.3 is 0 Å². The number of rotatable bonds is 3. The SMILES string of the molecule is COc1ccc(C(O)c2cc3cc(F)ccc3s2)c(F)c1. The highest BCUT2D eigenvalue weighted by Crippen LogP contribution is 2.35. The van der Waals surface area contributed by atoms with Gasteiger partial charge in [-0.3, -0.25) is 0 Å². The van der Waals surface area contributed by atoms with Gasteiger partial charge in [-0.1, -0.05) is 0 Å². The second-order valence-corrected chi connectivity index (χ2v) is 5.74. The summed E-state index contributed by atoms with van der Waals surface area (Å²) in [5, 5.41) is 11.0. The molecule has 0 aliphatic carbocycles. The number of aliphatic hydroxyl groups excluding tert-OH is 1. The first-order valence-corrected chi connectivity index (χ1v) is 7.10. The molecule has 2 aromatic carbocycles. The molecule has 5 heteroatoms. The Hall–Kier alpha value is -1.98. The smallest absolute Gasteiger partial charge is 0.133 e. The zero-order chi connectivity index (χ0) is 15.0. The quantitative estimate of drug-likeness (QED) is 0.783. The standard InChI is InChI=1S/C16H12F2O2S/c1-20-11-3-4-12(13(18)8-11)16(19)15-7-9-6-10(17)2-5-14(9)21-15/h2-8,16,19H,1H3. The molecule has 1 aromatic heterocycles. The molecule has 1 N–H and O–H groups in total. The van der Waals surface area contributed by atoms with E-state index in [0.717, 1.165) is 4.70 Å². The fraction of sp³-hybridized carbons (Fsp3) is 0.125. The molecular weight excluding hydrogens is 294 g/mol. The molecule has 0 saturated heterocycles. The largest absolute Gasteiger partial charge is 0.497 e. The van der Waals surface area contributed by atoms with Crippen LogP contribution in [0.3, 0.4) is 0 Å². The number of aliphatic hydroxyl groups is 1. The van der Waals surface area contributed by atoms with E-state index in [0.29, 0.717) is 16.0 Å². The van der Waals surface area contributed by atoms with Crippen molar-refractivity contribution in [1.29, 1.82) is 0 Å². The van der Waals surface area contributed by atoms with Gasteiger partial charge in [0, 0.05) is 21.2 Å². The molecular formula is C16H12F2O2S.